The number of carbonyl (C=O) groups is 2. The van der Waals surface area contributed by atoms with Gasteiger partial charge in [0.25, 0.3) is 5.91 Å². The lowest BCUT2D eigenvalue weighted by molar-refractivity contribution is -0.128. The molecule has 2 atom stereocenters. The van der Waals surface area contributed by atoms with E-state index in [2.05, 4.69) is 5.32 Å². The lowest BCUT2D eigenvalue weighted by atomic mass is 10.0. The van der Waals surface area contributed by atoms with Crippen LogP contribution in [0.4, 0.5) is 4.79 Å². The van der Waals surface area contributed by atoms with Crippen molar-refractivity contribution in [3.05, 3.63) is 12.2 Å². The molecule has 0 saturated carbocycles. The normalized spacial score (nSPS) is 32.2. The summed E-state index contributed by atoms with van der Waals surface area (Å²) in [5, 5.41) is 2.62. The van der Waals surface area contributed by atoms with E-state index >= 15 is 0 Å². The molecule has 1 aliphatic heterocycles. The zero-order chi connectivity index (χ0) is 10.1. The van der Waals surface area contributed by atoms with Crippen molar-refractivity contribution in [2.24, 2.45) is 0 Å². The fourth-order valence-corrected chi connectivity index (χ4v) is 1.95. The largest absolute Gasteiger partial charge is 0.326 e. The van der Waals surface area contributed by atoms with Gasteiger partial charge in [-0.25, -0.2) is 4.79 Å². The smallest absolute Gasteiger partial charge is 0.325 e. The Hall–Kier alpha value is -1.32. The highest BCUT2D eigenvalue weighted by atomic mass is 16.2. The molecule has 14 heavy (non-hydrogen) atoms. The molecule has 76 valence electrons. The number of allylic oxidation sites excluding steroid dienone is 1. The van der Waals surface area contributed by atoms with Crippen molar-refractivity contribution in [1.29, 1.82) is 0 Å². The quantitative estimate of drug-likeness (QED) is 0.500. The molecule has 0 bridgehead atoms. The van der Waals surface area contributed by atoms with Crippen molar-refractivity contribution in [3.63, 3.8) is 0 Å². The van der Waals surface area contributed by atoms with Crippen molar-refractivity contribution in [1.82, 2.24) is 10.2 Å². The first-order valence-corrected chi connectivity index (χ1v) is 5.00. The SMILES string of the molecule is CC1NC(=O)N(C2C=CCCC2)C1=O. The van der Waals surface area contributed by atoms with E-state index in [9.17, 15) is 9.59 Å². The zero-order valence-corrected chi connectivity index (χ0v) is 8.19. The topological polar surface area (TPSA) is 49.4 Å². The van der Waals surface area contributed by atoms with E-state index in [1.807, 2.05) is 12.2 Å². The van der Waals surface area contributed by atoms with Gasteiger partial charge in [0, 0.05) is 0 Å². The molecular weight excluding hydrogens is 180 g/mol. The lowest BCUT2D eigenvalue weighted by Crippen LogP contribution is -2.40. The summed E-state index contributed by atoms with van der Waals surface area (Å²) in [5.74, 6) is -0.105. The molecular formula is C10H14N2O2. The fraction of sp³-hybridized carbons (Fsp3) is 0.600. The van der Waals surface area contributed by atoms with Crippen LogP contribution in [0.1, 0.15) is 26.2 Å². The number of hydrogen-bond acceptors (Lipinski definition) is 2. The Bertz CT molecular complexity index is 298. The van der Waals surface area contributed by atoms with Crippen LogP contribution in [0.3, 0.4) is 0 Å². The van der Waals surface area contributed by atoms with Gasteiger partial charge in [0.1, 0.15) is 6.04 Å². The predicted molar refractivity (Wildman–Crippen MR) is 51.6 cm³/mol. The molecule has 0 spiro atoms. The summed E-state index contributed by atoms with van der Waals surface area (Å²) in [5.41, 5.74) is 0. The first-order chi connectivity index (χ1) is 6.70. The first-order valence-electron chi connectivity index (χ1n) is 5.00. The van der Waals surface area contributed by atoms with Crippen molar-refractivity contribution in [3.8, 4) is 0 Å². The average Bonchev–Trinajstić information content (AvgIpc) is 2.43. The minimum absolute atomic E-state index is 0.0267. The second-order valence-electron chi connectivity index (χ2n) is 3.81. The van der Waals surface area contributed by atoms with Gasteiger partial charge in [0.05, 0.1) is 6.04 Å². The van der Waals surface area contributed by atoms with Gasteiger partial charge in [0.15, 0.2) is 0 Å². The highest BCUT2D eigenvalue weighted by Crippen LogP contribution is 2.20. The highest BCUT2D eigenvalue weighted by molar-refractivity contribution is 6.04. The molecule has 1 fully saturated rings. The Balaban J connectivity index is 2.16. The summed E-state index contributed by atoms with van der Waals surface area (Å²) in [6, 6.07) is -0.641. The Kier molecular flexibility index (Phi) is 2.27. The number of nitrogens with zero attached hydrogens (tertiary/aromatic N) is 1. The minimum atomic E-state index is -0.363. The molecule has 0 aromatic carbocycles. The van der Waals surface area contributed by atoms with Gasteiger partial charge in [-0.15, -0.1) is 0 Å². The molecule has 1 aliphatic carbocycles. The summed E-state index contributed by atoms with van der Waals surface area (Å²) in [4.78, 5) is 24.4. The molecule has 1 N–H and O–H groups in total. The van der Waals surface area contributed by atoms with E-state index < -0.39 is 0 Å². The number of nitrogens with one attached hydrogen (secondary N) is 1. The van der Waals surface area contributed by atoms with Crippen LogP contribution in [0.5, 0.6) is 0 Å². The maximum Gasteiger partial charge on any atom is 0.325 e. The molecule has 0 radical (unpaired) electrons. The van der Waals surface area contributed by atoms with E-state index in [1.165, 1.54) is 4.90 Å². The second-order valence-corrected chi connectivity index (χ2v) is 3.81. The van der Waals surface area contributed by atoms with E-state index in [0.29, 0.717) is 0 Å². The molecule has 2 rings (SSSR count). The van der Waals surface area contributed by atoms with Crippen molar-refractivity contribution in [2.75, 3.05) is 0 Å². The Morgan fingerprint density at radius 1 is 1.50 bits per heavy atom. The molecule has 0 aromatic rings. The Morgan fingerprint density at radius 3 is 2.79 bits per heavy atom. The van der Waals surface area contributed by atoms with Gasteiger partial charge >= 0.3 is 6.03 Å². The molecule has 4 heteroatoms. The molecule has 1 saturated heterocycles. The minimum Gasteiger partial charge on any atom is -0.326 e. The molecule has 1 heterocycles. The molecule has 3 amide bonds. The van der Waals surface area contributed by atoms with E-state index in [0.717, 1.165) is 19.3 Å². The summed E-state index contributed by atoms with van der Waals surface area (Å²) >= 11 is 0. The molecule has 0 aromatic heterocycles. The van der Waals surface area contributed by atoms with Crippen LogP contribution in [0.15, 0.2) is 12.2 Å². The molecule has 2 unspecified atom stereocenters. The van der Waals surface area contributed by atoms with Gasteiger partial charge < -0.3 is 5.32 Å². The standard InChI is InChI=1S/C10H14N2O2/c1-7-9(13)12(10(14)11-7)8-5-3-2-4-6-8/h3,5,7-8H,2,4,6H2,1H3,(H,11,14). The monoisotopic (exact) mass is 194 g/mol. The Morgan fingerprint density at radius 2 is 2.29 bits per heavy atom. The van der Waals surface area contributed by atoms with Crippen molar-refractivity contribution >= 4 is 11.9 Å². The summed E-state index contributed by atoms with van der Waals surface area (Å²) in [7, 11) is 0. The van der Waals surface area contributed by atoms with Gasteiger partial charge in [-0.3, -0.25) is 9.69 Å². The van der Waals surface area contributed by atoms with Crippen molar-refractivity contribution < 1.29 is 9.59 Å². The number of hydrogen-bond donors (Lipinski definition) is 1. The van der Waals surface area contributed by atoms with Gasteiger partial charge in [-0.2, -0.15) is 0 Å². The van der Waals surface area contributed by atoms with Crippen LogP contribution >= 0.6 is 0 Å². The third-order valence-electron chi connectivity index (χ3n) is 2.73. The van der Waals surface area contributed by atoms with Crippen LogP contribution in [-0.4, -0.2) is 28.9 Å². The maximum atomic E-state index is 11.6. The van der Waals surface area contributed by atoms with Crippen LogP contribution in [0.25, 0.3) is 0 Å². The van der Waals surface area contributed by atoms with E-state index in [-0.39, 0.29) is 24.0 Å². The Labute approximate surface area is 83.0 Å². The fourth-order valence-electron chi connectivity index (χ4n) is 1.95. The highest BCUT2D eigenvalue weighted by Gasteiger charge is 2.38. The van der Waals surface area contributed by atoms with Crippen LogP contribution < -0.4 is 5.32 Å². The number of carbonyl (C=O) groups excluding carboxylic acids is 2. The summed E-state index contributed by atoms with van der Waals surface area (Å²) < 4.78 is 0. The van der Waals surface area contributed by atoms with E-state index in [4.69, 9.17) is 0 Å². The summed E-state index contributed by atoms with van der Waals surface area (Å²) in [6.07, 6.45) is 6.99. The zero-order valence-electron chi connectivity index (χ0n) is 8.19. The predicted octanol–water partition coefficient (Wildman–Crippen LogP) is 1.04. The van der Waals surface area contributed by atoms with Gasteiger partial charge in [-0.1, -0.05) is 12.2 Å². The summed E-state index contributed by atoms with van der Waals surface area (Å²) in [6.45, 7) is 1.72. The van der Waals surface area contributed by atoms with Gasteiger partial charge in [0.2, 0.25) is 0 Å². The first kappa shape index (κ1) is 9.24. The molecule has 4 nitrogen and oxygen atoms in total. The number of amides is 3. The second kappa shape index (κ2) is 3.44. The van der Waals surface area contributed by atoms with Crippen LogP contribution in [0.2, 0.25) is 0 Å². The average molecular weight is 194 g/mol. The van der Waals surface area contributed by atoms with E-state index in [1.54, 1.807) is 6.92 Å². The van der Waals surface area contributed by atoms with Crippen LogP contribution in [0, 0.1) is 0 Å². The van der Waals surface area contributed by atoms with Crippen molar-refractivity contribution in [2.45, 2.75) is 38.3 Å². The number of rotatable bonds is 1. The number of imide groups is 1. The lowest BCUT2D eigenvalue weighted by Gasteiger charge is -2.24. The van der Waals surface area contributed by atoms with Gasteiger partial charge in [-0.05, 0) is 26.2 Å². The van der Waals surface area contributed by atoms with Crippen LogP contribution in [-0.2, 0) is 4.79 Å². The molecule has 2 aliphatic rings. The number of urea groups is 1. The maximum absolute atomic E-state index is 11.6. The third kappa shape index (κ3) is 1.41. The third-order valence-corrected chi connectivity index (χ3v) is 2.73.